The lowest BCUT2D eigenvalue weighted by molar-refractivity contribution is 0.164. The van der Waals surface area contributed by atoms with Crippen LogP contribution in [0.1, 0.15) is 58.3 Å². The summed E-state index contributed by atoms with van der Waals surface area (Å²) in [5.41, 5.74) is 5.24. The maximum atomic E-state index is 12.5. The third kappa shape index (κ3) is 3.80. The average Bonchev–Trinajstić information content (AvgIpc) is 2.73. The summed E-state index contributed by atoms with van der Waals surface area (Å²) in [5.74, 6) is 0.827. The SMILES string of the molecule is CC1CCN(C(=O)NC2(C(N)=NO)CCCCCC2)CC1. The summed E-state index contributed by atoms with van der Waals surface area (Å²) in [6.07, 6.45) is 7.85. The van der Waals surface area contributed by atoms with Gasteiger partial charge in [-0.25, -0.2) is 4.79 Å². The first-order chi connectivity index (χ1) is 10.1. The van der Waals surface area contributed by atoms with Crippen molar-refractivity contribution in [2.75, 3.05) is 13.1 Å². The predicted octanol–water partition coefficient (Wildman–Crippen LogP) is 2.27. The summed E-state index contributed by atoms with van der Waals surface area (Å²) in [5, 5.41) is 15.4. The zero-order valence-electron chi connectivity index (χ0n) is 13.0. The first kappa shape index (κ1) is 15.9. The molecule has 6 heteroatoms. The molecule has 0 atom stereocenters. The van der Waals surface area contributed by atoms with Crippen LogP contribution in [0, 0.1) is 5.92 Å². The molecule has 4 N–H and O–H groups in total. The van der Waals surface area contributed by atoms with E-state index in [1.54, 1.807) is 0 Å². The van der Waals surface area contributed by atoms with Crippen LogP contribution in [0.2, 0.25) is 0 Å². The molecule has 1 aliphatic heterocycles. The molecule has 1 saturated carbocycles. The number of piperidine rings is 1. The molecule has 0 radical (unpaired) electrons. The summed E-state index contributed by atoms with van der Waals surface area (Å²) < 4.78 is 0. The van der Waals surface area contributed by atoms with Crippen LogP contribution in [0.3, 0.4) is 0 Å². The van der Waals surface area contributed by atoms with Crippen LogP contribution < -0.4 is 11.1 Å². The Kier molecular flexibility index (Phi) is 5.31. The molecule has 21 heavy (non-hydrogen) atoms. The Morgan fingerprint density at radius 2 is 1.81 bits per heavy atom. The second-order valence-corrected chi connectivity index (χ2v) is 6.58. The number of amides is 2. The van der Waals surface area contributed by atoms with Gasteiger partial charge in [0.2, 0.25) is 0 Å². The number of nitrogens with two attached hydrogens (primary N) is 1. The highest BCUT2D eigenvalue weighted by molar-refractivity contribution is 5.93. The van der Waals surface area contributed by atoms with Crippen molar-refractivity contribution in [2.45, 2.75) is 63.8 Å². The van der Waals surface area contributed by atoms with E-state index in [-0.39, 0.29) is 11.9 Å². The maximum absolute atomic E-state index is 12.5. The molecular weight excluding hydrogens is 268 g/mol. The van der Waals surface area contributed by atoms with Gasteiger partial charge in [0.15, 0.2) is 5.84 Å². The van der Waals surface area contributed by atoms with Gasteiger partial charge in [0.1, 0.15) is 5.54 Å². The molecule has 0 bridgehead atoms. The topological polar surface area (TPSA) is 91.0 Å². The molecule has 1 saturated heterocycles. The van der Waals surface area contributed by atoms with E-state index in [1.807, 2.05) is 4.90 Å². The zero-order chi connectivity index (χ0) is 15.3. The Hall–Kier alpha value is -1.46. The Balaban J connectivity index is 2.06. The second-order valence-electron chi connectivity index (χ2n) is 6.58. The van der Waals surface area contributed by atoms with E-state index in [0.29, 0.717) is 5.92 Å². The average molecular weight is 296 g/mol. The van der Waals surface area contributed by atoms with Crippen molar-refractivity contribution in [2.24, 2.45) is 16.8 Å². The highest BCUT2D eigenvalue weighted by Gasteiger charge is 2.38. The Morgan fingerprint density at radius 1 is 1.24 bits per heavy atom. The first-order valence-electron chi connectivity index (χ1n) is 8.12. The third-order valence-electron chi connectivity index (χ3n) is 4.97. The van der Waals surface area contributed by atoms with Crippen LogP contribution >= 0.6 is 0 Å². The van der Waals surface area contributed by atoms with Gasteiger partial charge in [-0.1, -0.05) is 37.8 Å². The van der Waals surface area contributed by atoms with E-state index in [9.17, 15) is 4.79 Å². The number of hydrogen-bond acceptors (Lipinski definition) is 3. The van der Waals surface area contributed by atoms with E-state index in [1.165, 1.54) is 0 Å². The van der Waals surface area contributed by atoms with Crippen molar-refractivity contribution in [3.05, 3.63) is 0 Å². The lowest BCUT2D eigenvalue weighted by atomic mass is 9.89. The summed E-state index contributed by atoms with van der Waals surface area (Å²) >= 11 is 0. The fourth-order valence-corrected chi connectivity index (χ4v) is 3.37. The molecule has 0 aromatic rings. The van der Waals surface area contributed by atoms with Crippen LogP contribution in [0.4, 0.5) is 4.79 Å². The highest BCUT2D eigenvalue weighted by atomic mass is 16.4. The first-order valence-corrected chi connectivity index (χ1v) is 8.12. The quantitative estimate of drug-likeness (QED) is 0.240. The van der Waals surface area contributed by atoms with E-state index in [2.05, 4.69) is 17.4 Å². The van der Waals surface area contributed by atoms with E-state index >= 15 is 0 Å². The Labute approximate surface area is 126 Å². The second kappa shape index (κ2) is 7.00. The molecule has 1 heterocycles. The summed E-state index contributed by atoms with van der Waals surface area (Å²) in [6.45, 7) is 3.80. The lowest BCUT2D eigenvalue weighted by Gasteiger charge is -2.37. The van der Waals surface area contributed by atoms with Gasteiger partial charge < -0.3 is 21.2 Å². The molecular formula is C15H28N4O2. The van der Waals surface area contributed by atoms with Gasteiger partial charge >= 0.3 is 6.03 Å². The maximum Gasteiger partial charge on any atom is 0.318 e. The highest BCUT2D eigenvalue weighted by Crippen LogP contribution is 2.28. The van der Waals surface area contributed by atoms with Crippen molar-refractivity contribution in [3.8, 4) is 0 Å². The number of oxime groups is 1. The largest absolute Gasteiger partial charge is 0.409 e. The Morgan fingerprint density at radius 3 is 2.33 bits per heavy atom. The molecule has 2 fully saturated rings. The van der Waals surface area contributed by atoms with Crippen LogP contribution in [0.15, 0.2) is 5.16 Å². The van der Waals surface area contributed by atoms with Crippen LogP contribution in [0.25, 0.3) is 0 Å². The number of carbonyl (C=O) groups is 1. The van der Waals surface area contributed by atoms with Gasteiger partial charge in [-0.2, -0.15) is 0 Å². The number of nitrogens with one attached hydrogen (secondary N) is 1. The minimum Gasteiger partial charge on any atom is -0.409 e. The summed E-state index contributed by atoms with van der Waals surface area (Å²) in [4.78, 5) is 14.4. The standard InChI is InChI=1S/C15H28N4O2/c1-12-6-10-19(11-7-12)14(20)17-15(13(16)18-21)8-4-2-3-5-9-15/h12,21H,2-11H2,1H3,(H2,16,18)(H,17,20). The monoisotopic (exact) mass is 296 g/mol. The molecule has 2 aliphatic rings. The number of likely N-dealkylation sites (tertiary alicyclic amines) is 1. The molecule has 0 aromatic carbocycles. The minimum atomic E-state index is -0.675. The third-order valence-corrected chi connectivity index (χ3v) is 4.97. The fraction of sp³-hybridized carbons (Fsp3) is 0.867. The van der Waals surface area contributed by atoms with Gasteiger partial charge in [0.25, 0.3) is 0 Å². The molecule has 6 nitrogen and oxygen atoms in total. The van der Waals surface area contributed by atoms with Crippen molar-refractivity contribution in [1.82, 2.24) is 10.2 Å². The van der Waals surface area contributed by atoms with E-state index in [4.69, 9.17) is 10.9 Å². The zero-order valence-corrected chi connectivity index (χ0v) is 13.0. The molecule has 2 amide bonds. The van der Waals surface area contributed by atoms with Crippen molar-refractivity contribution in [1.29, 1.82) is 0 Å². The van der Waals surface area contributed by atoms with Gasteiger partial charge in [0.05, 0.1) is 0 Å². The molecule has 0 spiro atoms. The summed E-state index contributed by atoms with van der Waals surface area (Å²) in [6, 6.07) is -0.0737. The van der Waals surface area contributed by atoms with Gasteiger partial charge in [0, 0.05) is 13.1 Å². The molecule has 0 aromatic heterocycles. The molecule has 0 unspecified atom stereocenters. The van der Waals surface area contributed by atoms with Crippen LogP contribution in [-0.2, 0) is 0 Å². The molecule has 1 aliphatic carbocycles. The van der Waals surface area contributed by atoms with Crippen LogP contribution in [0.5, 0.6) is 0 Å². The minimum absolute atomic E-state index is 0.0737. The molecule has 120 valence electrons. The van der Waals surface area contributed by atoms with Gasteiger partial charge in [-0.3, -0.25) is 0 Å². The Bertz CT molecular complexity index is 381. The van der Waals surface area contributed by atoms with Crippen molar-refractivity contribution in [3.63, 3.8) is 0 Å². The number of carbonyl (C=O) groups excluding carboxylic acids is 1. The number of rotatable bonds is 2. The number of amidine groups is 1. The fourth-order valence-electron chi connectivity index (χ4n) is 3.37. The van der Waals surface area contributed by atoms with Crippen LogP contribution in [-0.4, -0.2) is 40.6 Å². The number of urea groups is 1. The smallest absolute Gasteiger partial charge is 0.318 e. The number of hydrogen-bond donors (Lipinski definition) is 3. The predicted molar refractivity (Wildman–Crippen MR) is 82.3 cm³/mol. The number of nitrogens with zero attached hydrogens (tertiary/aromatic N) is 2. The van der Waals surface area contributed by atoms with E-state index < -0.39 is 5.54 Å². The van der Waals surface area contributed by atoms with E-state index in [0.717, 1.165) is 64.5 Å². The van der Waals surface area contributed by atoms with Gasteiger partial charge in [-0.15, -0.1) is 0 Å². The molecule has 2 rings (SSSR count). The van der Waals surface area contributed by atoms with Gasteiger partial charge in [-0.05, 0) is 31.6 Å². The van der Waals surface area contributed by atoms with Crippen molar-refractivity contribution < 1.29 is 10.0 Å². The lowest BCUT2D eigenvalue weighted by Crippen LogP contribution is -2.60. The summed E-state index contributed by atoms with van der Waals surface area (Å²) in [7, 11) is 0. The van der Waals surface area contributed by atoms with Crippen molar-refractivity contribution >= 4 is 11.9 Å². The normalized spacial score (nSPS) is 24.4.